The van der Waals surface area contributed by atoms with Gasteiger partial charge in [0.1, 0.15) is 0 Å². The fourth-order valence-electron chi connectivity index (χ4n) is 3.17. The highest BCUT2D eigenvalue weighted by Crippen LogP contribution is 2.40. The van der Waals surface area contributed by atoms with Crippen LogP contribution in [0.25, 0.3) is 0 Å². The van der Waals surface area contributed by atoms with Crippen molar-refractivity contribution in [2.45, 2.75) is 38.6 Å². The maximum atomic E-state index is 5.94. The highest BCUT2D eigenvalue weighted by molar-refractivity contribution is 4.93. The van der Waals surface area contributed by atoms with Crippen LogP contribution in [0.15, 0.2) is 0 Å². The number of hydrogen-bond donors (Lipinski definition) is 1. The Bertz CT molecular complexity index is 220. The van der Waals surface area contributed by atoms with Crippen molar-refractivity contribution in [3.8, 4) is 0 Å². The number of nitrogens with zero attached hydrogens (tertiary/aromatic N) is 2. The minimum atomic E-state index is 0.480. The normalized spacial score (nSPS) is 31.3. The summed E-state index contributed by atoms with van der Waals surface area (Å²) in [6, 6.07) is 0.753. The molecule has 0 spiro atoms. The van der Waals surface area contributed by atoms with Crippen LogP contribution in [0, 0.1) is 5.41 Å². The van der Waals surface area contributed by atoms with Crippen LogP contribution >= 0.6 is 0 Å². The zero-order valence-corrected chi connectivity index (χ0v) is 10.9. The van der Waals surface area contributed by atoms with Gasteiger partial charge in [0.15, 0.2) is 0 Å². The standard InChI is InChI=1S/C13H27N3/c1-3-12-9-16(8-7-15(12)2)11-13(10-14)5-4-6-13/h12H,3-11,14H2,1-2H3. The molecule has 0 amide bonds. The first-order valence-electron chi connectivity index (χ1n) is 6.82. The van der Waals surface area contributed by atoms with Crippen molar-refractivity contribution in [3.63, 3.8) is 0 Å². The van der Waals surface area contributed by atoms with Crippen LogP contribution in [0.2, 0.25) is 0 Å². The summed E-state index contributed by atoms with van der Waals surface area (Å²) in [6.07, 6.45) is 5.37. The van der Waals surface area contributed by atoms with Crippen LogP contribution in [0.3, 0.4) is 0 Å². The summed E-state index contributed by atoms with van der Waals surface area (Å²) in [6.45, 7) is 8.12. The van der Waals surface area contributed by atoms with Gasteiger partial charge in [-0.2, -0.15) is 0 Å². The molecule has 3 heteroatoms. The van der Waals surface area contributed by atoms with Gasteiger partial charge in [-0.15, -0.1) is 0 Å². The zero-order valence-electron chi connectivity index (χ0n) is 10.9. The third-order valence-electron chi connectivity index (χ3n) is 4.74. The van der Waals surface area contributed by atoms with Gasteiger partial charge in [0, 0.05) is 32.2 Å². The van der Waals surface area contributed by atoms with Crippen LogP contribution in [-0.2, 0) is 0 Å². The molecular formula is C13H27N3. The highest BCUT2D eigenvalue weighted by Gasteiger charge is 2.38. The lowest BCUT2D eigenvalue weighted by Crippen LogP contribution is -2.56. The van der Waals surface area contributed by atoms with E-state index in [4.69, 9.17) is 5.73 Å². The molecule has 0 radical (unpaired) electrons. The van der Waals surface area contributed by atoms with Gasteiger partial charge in [0.25, 0.3) is 0 Å². The minimum Gasteiger partial charge on any atom is -0.330 e. The van der Waals surface area contributed by atoms with Crippen LogP contribution < -0.4 is 5.73 Å². The molecule has 1 heterocycles. The summed E-state index contributed by atoms with van der Waals surface area (Å²) in [5, 5.41) is 0. The minimum absolute atomic E-state index is 0.480. The molecule has 0 bridgehead atoms. The number of piperazine rings is 1. The molecule has 0 aromatic rings. The molecule has 0 aromatic carbocycles. The summed E-state index contributed by atoms with van der Waals surface area (Å²) >= 11 is 0. The molecule has 1 aliphatic heterocycles. The van der Waals surface area contributed by atoms with E-state index in [1.54, 1.807) is 0 Å². The average Bonchev–Trinajstić information content (AvgIpc) is 2.25. The van der Waals surface area contributed by atoms with Crippen molar-refractivity contribution in [3.05, 3.63) is 0 Å². The Morgan fingerprint density at radius 3 is 2.56 bits per heavy atom. The molecular weight excluding hydrogens is 198 g/mol. The lowest BCUT2D eigenvalue weighted by molar-refractivity contribution is 0.0260. The summed E-state index contributed by atoms with van der Waals surface area (Å²) in [7, 11) is 2.26. The van der Waals surface area contributed by atoms with E-state index in [1.165, 1.54) is 51.9 Å². The molecule has 2 rings (SSSR count). The molecule has 94 valence electrons. The Morgan fingerprint density at radius 1 is 1.31 bits per heavy atom. The van der Waals surface area contributed by atoms with Crippen LogP contribution in [0.4, 0.5) is 0 Å². The Morgan fingerprint density at radius 2 is 2.06 bits per heavy atom. The van der Waals surface area contributed by atoms with Gasteiger partial charge < -0.3 is 10.6 Å². The van der Waals surface area contributed by atoms with E-state index in [-0.39, 0.29) is 0 Å². The van der Waals surface area contributed by atoms with Gasteiger partial charge in [-0.25, -0.2) is 0 Å². The highest BCUT2D eigenvalue weighted by atomic mass is 15.3. The second-order valence-corrected chi connectivity index (χ2v) is 5.84. The Kier molecular flexibility index (Phi) is 3.88. The lowest BCUT2D eigenvalue weighted by atomic mass is 9.68. The monoisotopic (exact) mass is 225 g/mol. The van der Waals surface area contributed by atoms with Gasteiger partial charge in [-0.05, 0) is 38.3 Å². The molecule has 1 atom stereocenters. The predicted molar refractivity (Wildman–Crippen MR) is 68.5 cm³/mol. The van der Waals surface area contributed by atoms with Crippen molar-refractivity contribution in [2.75, 3.05) is 39.8 Å². The van der Waals surface area contributed by atoms with E-state index in [2.05, 4.69) is 23.8 Å². The molecule has 16 heavy (non-hydrogen) atoms. The molecule has 1 saturated heterocycles. The Labute approximate surface area is 100.0 Å². The van der Waals surface area contributed by atoms with Crippen LogP contribution in [0.5, 0.6) is 0 Å². The molecule has 1 aliphatic carbocycles. The largest absolute Gasteiger partial charge is 0.330 e. The smallest absolute Gasteiger partial charge is 0.0218 e. The first-order chi connectivity index (χ1) is 7.69. The fourth-order valence-corrected chi connectivity index (χ4v) is 3.17. The summed E-state index contributed by atoms with van der Waals surface area (Å²) in [4.78, 5) is 5.16. The van der Waals surface area contributed by atoms with Gasteiger partial charge in [-0.3, -0.25) is 4.90 Å². The topological polar surface area (TPSA) is 32.5 Å². The van der Waals surface area contributed by atoms with Gasteiger partial charge in [0.05, 0.1) is 0 Å². The lowest BCUT2D eigenvalue weighted by Gasteiger charge is -2.48. The number of rotatable bonds is 4. The first-order valence-corrected chi connectivity index (χ1v) is 6.82. The second-order valence-electron chi connectivity index (χ2n) is 5.84. The molecule has 1 unspecified atom stereocenters. The first kappa shape index (κ1) is 12.3. The Balaban J connectivity index is 1.86. The second kappa shape index (κ2) is 5.03. The van der Waals surface area contributed by atoms with E-state index >= 15 is 0 Å². The summed E-state index contributed by atoms with van der Waals surface area (Å²) in [5.41, 5.74) is 6.42. The zero-order chi connectivity index (χ0) is 11.6. The van der Waals surface area contributed by atoms with Crippen molar-refractivity contribution in [2.24, 2.45) is 11.1 Å². The van der Waals surface area contributed by atoms with Crippen molar-refractivity contribution >= 4 is 0 Å². The molecule has 2 aliphatic rings. The molecule has 3 nitrogen and oxygen atoms in total. The number of hydrogen-bond acceptors (Lipinski definition) is 3. The van der Waals surface area contributed by atoms with Crippen LogP contribution in [-0.4, -0.2) is 55.6 Å². The molecule has 2 N–H and O–H groups in total. The Hall–Kier alpha value is -0.120. The number of nitrogens with two attached hydrogens (primary N) is 1. The van der Waals surface area contributed by atoms with Crippen molar-refractivity contribution in [1.29, 1.82) is 0 Å². The maximum Gasteiger partial charge on any atom is 0.0218 e. The average molecular weight is 225 g/mol. The van der Waals surface area contributed by atoms with E-state index in [9.17, 15) is 0 Å². The van der Waals surface area contributed by atoms with Crippen LogP contribution in [0.1, 0.15) is 32.6 Å². The van der Waals surface area contributed by atoms with E-state index in [0.29, 0.717) is 5.41 Å². The quantitative estimate of drug-likeness (QED) is 0.779. The van der Waals surface area contributed by atoms with Crippen molar-refractivity contribution in [1.82, 2.24) is 9.80 Å². The maximum absolute atomic E-state index is 5.94. The fraction of sp³-hybridized carbons (Fsp3) is 1.00. The molecule has 2 fully saturated rings. The third kappa shape index (κ3) is 2.41. The van der Waals surface area contributed by atoms with Gasteiger partial charge in [0.2, 0.25) is 0 Å². The van der Waals surface area contributed by atoms with E-state index < -0.39 is 0 Å². The summed E-state index contributed by atoms with van der Waals surface area (Å²) in [5.74, 6) is 0. The SMILES string of the molecule is CCC1CN(CC2(CN)CCC2)CCN1C. The summed E-state index contributed by atoms with van der Waals surface area (Å²) < 4.78 is 0. The molecule has 0 aromatic heterocycles. The van der Waals surface area contributed by atoms with Gasteiger partial charge >= 0.3 is 0 Å². The predicted octanol–water partition coefficient (Wildman–Crippen LogP) is 1.14. The van der Waals surface area contributed by atoms with E-state index in [1.807, 2.05) is 0 Å². The molecule has 1 saturated carbocycles. The van der Waals surface area contributed by atoms with Gasteiger partial charge in [-0.1, -0.05) is 13.3 Å². The number of likely N-dealkylation sites (N-methyl/N-ethyl adjacent to an activating group) is 1. The third-order valence-corrected chi connectivity index (χ3v) is 4.74. The van der Waals surface area contributed by atoms with Crippen molar-refractivity contribution < 1.29 is 0 Å². The van der Waals surface area contributed by atoms with E-state index in [0.717, 1.165) is 12.6 Å².